The number of rotatable bonds is 1. The SMILES string of the molecule is CCC(C)(C)C(Cl)(Cl)Cl. The molecule has 0 bridgehead atoms. The lowest BCUT2D eigenvalue weighted by Gasteiger charge is -2.30. The highest BCUT2D eigenvalue weighted by Crippen LogP contribution is 2.46. The van der Waals surface area contributed by atoms with Crippen molar-refractivity contribution in [2.24, 2.45) is 5.41 Å². The van der Waals surface area contributed by atoms with Gasteiger partial charge in [-0.3, -0.25) is 0 Å². The normalized spacial score (nSPS) is 14.0. The second-order valence-corrected chi connectivity index (χ2v) is 5.02. The summed E-state index contributed by atoms with van der Waals surface area (Å²) in [6.07, 6.45) is 0.865. The van der Waals surface area contributed by atoms with Crippen molar-refractivity contribution in [2.45, 2.75) is 31.0 Å². The molecular weight excluding hydrogens is 178 g/mol. The molecule has 56 valence electrons. The average molecular weight is 190 g/mol. The summed E-state index contributed by atoms with van der Waals surface area (Å²) < 4.78 is -1.14. The fourth-order valence-corrected chi connectivity index (χ4v) is 0.601. The monoisotopic (exact) mass is 188 g/mol. The second-order valence-electron chi connectivity index (χ2n) is 2.74. The van der Waals surface area contributed by atoms with Gasteiger partial charge < -0.3 is 0 Å². The molecule has 3 heteroatoms. The number of hydrogen-bond acceptors (Lipinski definition) is 0. The van der Waals surface area contributed by atoms with Crippen molar-refractivity contribution in [3.8, 4) is 0 Å². The van der Waals surface area contributed by atoms with Crippen molar-refractivity contribution in [1.29, 1.82) is 0 Å². The van der Waals surface area contributed by atoms with Crippen LogP contribution in [0.4, 0.5) is 0 Å². The lowest BCUT2D eigenvalue weighted by molar-refractivity contribution is 0.359. The number of hydrogen-bond donors (Lipinski definition) is 0. The maximum atomic E-state index is 5.66. The van der Waals surface area contributed by atoms with Crippen molar-refractivity contribution in [2.75, 3.05) is 0 Å². The van der Waals surface area contributed by atoms with Gasteiger partial charge in [-0.15, -0.1) is 0 Å². The summed E-state index contributed by atoms with van der Waals surface area (Å²) in [7, 11) is 0. The van der Waals surface area contributed by atoms with Gasteiger partial charge in [0.2, 0.25) is 0 Å². The Morgan fingerprint density at radius 3 is 1.44 bits per heavy atom. The van der Waals surface area contributed by atoms with E-state index in [0.717, 1.165) is 6.42 Å². The largest absolute Gasteiger partial charge is 0.195 e. The molecule has 0 N–H and O–H groups in total. The lowest BCUT2D eigenvalue weighted by atomic mass is 9.92. The number of alkyl halides is 3. The minimum absolute atomic E-state index is 0.225. The van der Waals surface area contributed by atoms with Crippen molar-refractivity contribution in [3.63, 3.8) is 0 Å². The molecule has 9 heavy (non-hydrogen) atoms. The van der Waals surface area contributed by atoms with Gasteiger partial charge in [0.15, 0.2) is 3.79 Å². The van der Waals surface area contributed by atoms with E-state index in [1.807, 2.05) is 20.8 Å². The molecule has 0 spiro atoms. The van der Waals surface area contributed by atoms with E-state index in [9.17, 15) is 0 Å². The Morgan fingerprint density at radius 2 is 1.44 bits per heavy atom. The van der Waals surface area contributed by atoms with Gasteiger partial charge in [-0.2, -0.15) is 0 Å². The van der Waals surface area contributed by atoms with Crippen LogP contribution in [0.15, 0.2) is 0 Å². The first-order valence-electron chi connectivity index (χ1n) is 2.88. The summed E-state index contributed by atoms with van der Waals surface area (Å²) in [6.45, 7) is 5.86. The minimum Gasteiger partial charge on any atom is -0.0831 e. The Kier molecular flexibility index (Phi) is 3.13. The molecule has 0 aliphatic carbocycles. The summed E-state index contributed by atoms with van der Waals surface area (Å²) in [6, 6.07) is 0. The average Bonchev–Trinajstić information content (AvgIpc) is 1.64. The van der Waals surface area contributed by atoms with Crippen LogP contribution in [0.5, 0.6) is 0 Å². The van der Waals surface area contributed by atoms with Crippen molar-refractivity contribution in [1.82, 2.24) is 0 Å². The van der Waals surface area contributed by atoms with Crippen LogP contribution >= 0.6 is 34.8 Å². The van der Waals surface area contributed by atoms with E-state index in [1.54, 1.807) is 0 Å². The standard InChI is InChI=1S/C6H11Cl3/c1-4-5(2,3)6(7,8)9/h4H2,1-3H3. The molecular formula is C6H11Cl3. The molecule has 0 aromatic carbocycles. The second kappa shape index (κ2) is 2.86. The topological polar surface area (TPSA) is 0 Å². The highest BCUT2D eigenvalue weighted by Gasteiger charge is 2.38. The zero-order chi connectivity index (χ0) is 7.71. The Morgan fingerprint density at radius 1 is 1.11 bits per heavy atom. The molecule has 0 aromatic rings. The van der Waals surface area contributed by atoms with Crippen LogP contribution in [-0.4, -0.2) is 3.79 Å². The van der Waals surface area contributed by atoms with E-state index in [4.69, 9.17) is 34.8 Å². The maximum absolute atomic E-state index is 5.66. The molecule has 0 rings (SSSR count). The third-order valence-corrected chi connectivity index (χ3v) is 3.19. The highest BCUT2D eigenvalue weighted by atomic mass is 35.6. The van der Waals surface area contributed by atoms with Gasteiger partial charge in [0, 0.05) is 5.41 Å². The van der Waals surface area contributed by atoms with Crippen LogP contribution in [0.1, 0.15) is 27.2 Å². The Bertz CT molecular complexity index is 91.0. The quantitative estimate of drug-likeness (QED) is 0.551. The Hall–Kier alpha value is 0.870. The molecule has 0 radical (unpaired) electrons. The van der Waals surface area contributed by atoms with Crippen LogP contribution in [0, 0.1) is 5.41 Å². The van der Waals surface area contributed by atoms with Gasteiger partial charge >= 0.3 is 0 Å². The van der Waals surface area contributed by atoms with Crippen molar-refractivity contribution in [3.05, 3.63) is 0 Å². The lowest BCUT2D eigenvalue weighted by Crippen LogP contribution is -2.27. The maximum Gasteiger partial charge on any atom is 0.195 e. The van der Waals surface area contributed by atoms with E-state index >= 15 is 0 Å². The Balaban J connectivity index is 4.14. The summed E-state index contributed by atoms with van der Waals surface area (Å²) in [5.74, 6) is 0. The van der Waals surface area contributed by atoms with Crippen molar-refractivity contribution < 1.29 is 0 Å². The first-order valence-corrected chi connectivity index (χ1v) is 4.01. The summed E-state index contributed by atoms with van der Waals surface area (Å²) >= 11 is 17.0. The predicted octanol–water partition coefficient (Wildman–Crippen LogP) is 3.79. The van der Waals surface area contributed by atoms with Crippen LogP contribution in [-0.2, 0) is 0 Å². The zero-order valence-electron chi connectivity index (χ0n) is 5.84. The van der Waals surface area contributed by atoms with Crippen LogP contribution in [0.25, 0.3) is 0 Å². The Labute approximate surface area is 71.5 Å². The summed E-state index contributed by atoms with van der Waals surface area (Å²) in [4.78, 5) is 0. The molecule has 0 saturated heterocycles. The molecule has 0 aliphatic rings. The summed E-state index contributed by atoms with van der Waals surface area (Å²) in [5, 5.41) is 0. The molecule has 0 saturated carbocycles. The van der Waals surface area contributed by atoms with E-state index < -0.39 is 3.79 Å². The third kappa shape index (κ3) is 2.53. The molecule has 0 fully saturated rings. The predicted molar refractivity (Wildman–Crippen MR) is 44.4 cm³/mol. The molecule has 0 heterocycles. The van der Waals surface area contributed by atoms with Gasteiger partial charge in [-0.05, 0) is 6.42 Å². The van der Waals surface area contributed by atoms with E-state index in [0.29, 0.717) is 0 Å². The first kappa shape index (κ1) is 9.87. The van der Waals surface area contributed by atoms with Crippen LogP contribution in [0.3, 0.4) is 0 Å². The number of halogens is 3. The van der Waals surface area contributed by atoms with Gasteiger partial charge in [-0.25, -0.2) is 0 Å². The molecule has 0 amide bonds. The van der Waals surface area contributed by atoms with E-state index in [1.165, 1.54) is 0 Å². The molecule has 0 aliphatic heterocycles. The zero-order valence-corrected chi connectivity index (χ0v) is 8.11. The minimum atomic E-state index is -1.14. The van der Waals surface area contributed by atoms with Crippen molar-refractivity contribution >= 4 is 34.8 Å². The van der Waals surface area contributed by atoms with E-state index in [2.05, 4.69) is 0 Å². The molecule has 0 nitrogen and oxygen atoms in total. The fraction of sp³-hybridized carbons (Fsp3) is 1.00. The van der Waals surface area contributed by atoms with Gasteiger partial charge in [0.1, 0.15) is 0 Å². The highest BCUT2D eigenvalue weighted by molar-refractivity contribution is 6.68. The fourth-order valence-electron chi connectivity index (χ4n) is 0.200. The summed E-state index contributed by atoms with van der Waals surface area (Å²) in [5.41, 5.74) is -0.225. The van der Waals surface area contributed by atoms with Crippen LogP contribution in [0.2, 0.25) is 0 Å². The third-order valence-electron chi connectivity index (χ3n) is 1.65. The van der Waals surface area contributed by atoms with Gasteiger partial charge in [-0.1, -0.05) is 55.6 Å². The van der Waals surface area contributed by atoms with Crippen LogP contribution < -0.4 is 0 Å². The van der Waals surface area contributed by atoms with Gasteiger partial charge in [0.25, 0.3) is 0 Å². The smallest absolute Gasteiger partial charge is 0.0831 e. The molecule has 0 aromatic heterocycles. The van der Waals surface area contributed by atoms with Gasteiger partial charge in [0.05, 0.1) is 0 Å². The molecule has 0 unspecified atom stereocenters. The first-order chi connectivity index (χ1) is 3.81. The molecule has 0 atom stereocenters. The van der Waals surface area contributed by atoms with E-state index in [-0.39, 0.29) is 5.41 Å².